The highest BCUT2D eigenvalue weighted by atomic mass is 16.5. The number of anilines is 1. The quantitative estimate of drug-likeness (QED) is 0.437. The Morgan fingerprint density at radius 1 is 1.04 bits per heavy atom. The average Bonchev–Trinajstić information content (AvgIpc) is 2.62. The third-order valence-electron chi connectivity index (χ3n) is 3.53. The first-order valence-corrected chi connectivity index (χ1v) is 8.11. The number of hydrogen-bond acceptors (Lipinski definition) is 4. The van der Waals surface area contributed by atoms with Crippen LogP contribution in [-0.2, 0) is 0 Å². The van der Waals surface area contributed by atoms with E-state index in [1.54, 1.807) is 14.2 Å². The smallest absolute Gasteiger partial charge is 0.193 e. The maximum atomic E-state index is 5.90. The molecule has 25 heavy (non-hydrogen) atoms. The molecule has 0 amide bonds. The molecule has 6 nitrogen and oxygen atoms in total. The number of guanidine groups is 1. The summed E-state index contributed by atoms with van der Waals surface area (Å²) in [4.78, 5) is 4.29. The zero-order valence-corrected chi connectivity index (χ0v) is 14.9. The van der Waals surface area contributed by atoms with Crippen molar-refractivity contribution >= 4 is 11.6 Å². The Morgan fingerprint density at radius 3 is 2.44 bits per heavy atom. The molecule has 0 unspecified atom stereocenters. The first-order chi connectivity index (χ1) is 12.1. The molecule has 0 spiro atoms. The van der Waals surface area contributed by atoms with E-state index in [0.29, 0.717) is 30.6 Å². The van der Waals surface area contributed by atoms with E-state index in [0.717, 1.165) is 17.9 Å². The molecule has 0 aromatic heterocycles. The van der Waals surface area contributed by atoms with E-state index in [2.05, 4.69) is 10.3 Å². The predicted molar refractivity (Wildman–Crippen MR) is 101 cm³/mol. The standard InChI is InChI=1S/C19H25N3O3/c1-14-5-8-16(9-6-14)25-12-4-11-21-19(20)22-15-7-10-17(23-2)18(13-15)24-3/h5-10,13H,4,11-12H2,1-3H3,(H3,20,21,22). The van der Waals surface area contributed by atoms with Crippen molar-refractivity contribution in [2.45, 2.75) is 13.3 Å². The van der Waals surface area contributed by atoms with Crippen LogP contribution in [0, 0.1) is 6.92 Å². The van der Waals surface area contributed by atoms with Crippen LogP contribution in [0.15, 0.2) is 47.5 Å². The number of nitrogens with zero attached hydrogens (tertiary/aromatic N) is 1. The van der Waals surface area contributed by atoms with Crippen LogP contribution in [0.25, 0.3) is 0 Å². The van der Waals surface area contributed by atoms with Gasteiger partial charge in [-0.2, -0.15) is 0 Å². The van der Waals surface area contributed by atoms with Crippen molar-refractivity contribution in [1.29, 1.82) is 0 Å². The monoisotopic (exact) mass is 343 g/mol. The van der Waals surface area contributed by atoms with Crippen LogP contribution in [0.1, 0.15) is 12.0 Å². The fraction of sp³-hybridized carbons (Fsp3) is 0.316. The molecule has 0 saturated carbocycles. The van der Waals surface area contributed by atoms with E-state index in [1.165, 1.54) is 5.56 Å². The number of aliphatic imine (C=N–C) groups is 1. The molecule has 0 saturated heterocycles. The van der Waals surface area contributed by atoms with Crippen molar-refractivity contribution in [2.75, 3.05) is 32.7 Å². The van der Waals surface area contributed by atoms with Gasteiger partial charge in [-0.25, -0.2) is 0 Å². The van der Waals surface area contributed by atoms with Gasteiger partial charge >= 0.3 is 0 Å². The zero-order valence-electron chi connectivity index (χ0n) is 14.9. The molecule has 0 aliphatic rings. The molecular weight excluding hydrogens is 318 g/mol. The van der Waals surface area contributed by atoms with Gasteiger partial charge in [0.25, 0.3) is 0 Å². The highest BCUT2D eigenvalue weighted by Crippen LogP contribution is 2.29. The SMILES string of the molecule is COc1ccc(NC(N)=NCCCOc2ccc(C)cc2)cc1OC. The summed E-state index contributed by atoms with van der Waals surface area (Å²) < 4.78 is 16.1. The topological polar surface area (TPSA) is 78.1 Å². The summed E-state index contributed by atoms with van der Waals surface area (Å²) >= 11 is 0. The van der Waals surface area contributed by atoms with E-state index in [4.69, 9.17) is 19.9 Å². The first-order valence-electron chi connectivity index (χ1n) is 8.11. The Morgan fingerprint density at radius 2 is 1.76 bits per heavy atom. The van der Waals surface area contributed by atoms with Gasteiger partial charge in [0.2, 0.25) is 0 Å². The molecule has 0 fully saturated rings. The highest BCUT2D eigenvalue weighted by Gasteiger charge is 2.05. The normalized spacial score (nSPS) is 11.1. The number of methoxy groups -OCH3 is 2. The second kappa shape index (κ2) is 9.42. The third-order valence-corrected chi connectivity index (χ3v) is 3.53. The summed E-state index contributed by atoms with van der Waals surface area (Å²) in [6.45, 7) is 3.22. The van der Waals surface area contributed by atoms with Crippen molar-refractivity contribution < 1.29 is 14.2 Å². The van der Waals surface area contributed by atoms with Gasteiger partial charge in [0, 0.05) is 24.7 Å². The summed E-state index contributed by atoms with van der Waals surface area (Å²) in [6, 6.07) is 13.4. The summed E-state index contributed by atoms with van der Waals surface area (Å²) in [5.74, 6) is 2.51. The highest BCUT2D eigenvalue weighted by molar-refractivity contribution is 5.92. The molecule has 0 aliphatic heterocycles. The van der Waals surface area contributed by atoms with Crippen LogP contribution in [0.4, 0.5) is 5.69 Å². The average molecular weight is 343 g/mol. The Kier molecular flexibility index (Phi) is 6.95. The largest absolute Gasteiger partial charge is 0.494 e. The Hall–Kier alpha value is -2.89. The van der Waals surface area contributed by atoms with Gasteiger partial charge in [0.05, 0.1) is 20.8 Å². The van der Waals surface area contributed by atoms with E-state index in [9.17, 15) is 0 Å². The number of benzene rings is 2. The van der Waals surface area contributed by atoms with Crippen LogP contribution in [0.3, 0.4) is 0 Å². The summed E-state index contributed by atoms with van der Waals surface area (Å²) in [7, 11) is 3.19. The van der Waals surface area contributed by atoms with Crippen LogP contribution in [-0.4, -0.2) is 33.3 Å². The maximum Gasteiger partial charge on any atom is 0.193 e. The molecule has 2 aromatic carbocycles. The lowest BCUT2D eigenvalue weighted by Crippen LogP contribution is -2.23. The predicted octanol–water partition coefficient (Wildman–Crippen LogP) is 3.21. The van der Waals surface area contributed by atoms with Gasteiger partial charge < -0.3 is 25.3 Å². The van der Waals surface area contributed by atoms with Crippen molar-refractivity contribution in [1.82, 2.24) is 0 Å². The van der Waals surface area contributed by atoms with E-state index < -0.39 is 0 Å². The summed E-state index contributed by atoms with van der Waals surface area (Å²) in [6.07, 6.45) is 0.780. The van der Waals surface area contributed by atoms with Gasteiger partial charge in [-0.15, -0.1) is 0 Å². The maximum absolute atomic E-state index is 5.90. The number of rotatable bonds is 8. The molecule has 134 valence electrons. The fourth-order valence-corrected chi connectivity index (χ4v) is 2.19. The van der Waals surface area contributed by atoms with Gasteiger partial charge in [-0.3, -0.25) is 4.99 Å². The molecule has 0 radical (unpaired) electrons. The van der Waals surface area contributed by atoms with E-state index in [-0.39, 0.29) is 0 Å². The van der Waals surface area contributed by atoms with Gasteiger partial charge in [-0.05, 0) is 31.2 Å². The van der Waals surface area contributed by atoms with Crippen molar-refractivity contribution in [3.05, 3.63) is 48.0 Å². The van der Waals surface area contributed by atoms with E-state index in [1.807, 2.05) is 49.4 Å². The van der Waals surface area contributed by atoms with Crippen LogP contribution in [0.5, 0.6) is 17.2 Å². The molecule has 6 heteroatoms. The number of ether oxygens (including phenoxy) is 3. The van der Waals surface area contributed by atoms with Gasteiger partial charge in [0.1, 0.15) is 5.75 Å². The lowest BCUT2D eigenvalue weighted by atomic mass is 10.2. The van der Waals surface area contributed by atoms with Crippen molar-refractivity contribution in [3.8, 4) is 17.2 Å². The molecule has 2 aromatic rings. The Balaban J connectivity index is 1.76. The first kappa shape index (κ1) is 18.4. The summed E-state index contributed by atoms with van der Waals surface area (Å²) in [5, 5.41) is 3.03. The lowest BCUT2D eigenvalue weighted by molar-refractivity contribution is 0.313. The Labute approximate surface area is 148 Å². The second-order valence-corrected chi connectivity index (χ2v) is 5.48. The molecule has 0 aliphatic carbocycles. The fourth-order valence-electron chi connectivity index (χ4n) is 2.19. The number of nitrogens with two attached hydrogens (primary N) is 1. The van der Waals surface area contributed by atoms with Crippen molar-refractivity contribution in [2.24, 2.45) is 10.7 Å². The van der Waals surface area contributed by atoms with Gasteiger partial charge in [0.15, 0.2) is 17.5 Å². The zero-order chi connectivity index (χ0) is 18.1. The molecule has 0 bridgehead atoms. The lowest BCUT2D eigenvalue weighted by Gasteiger charge is -2.11. The Bertz CT molecular complexity index is 700. The number of nitrogens with one attached hydrogen (secondary N) is 1. The van der Waals surface area contributed by atoms with Crippen LogP contribution >= 0.6 is 0 Å². The van der Waals surface area contributed by atoms with Crippen LogP contribution < -0.4 is 25.3 Å². The molecule has 3 N–H and O–H groups in total. The van der Waals surface area contributed by atoms with Crippen LogP contribution in [0.2, 0.25) is 0 Å². The molecule has 2 rings (SSSR count). The minimum atomic E-state index is 0.350. The van der Waals surface area contributed by atoms with Crippen molar-refractivity contribution in [3.63, 3.8) is 0 Å². The van der Waals surface area contributed by atoms with E-state index >= 15 is 0 Å². The van der Waals surface area contributed by atoms with Gasteiger partial charge in [-0.1, -0.05) is 17.7 Å². The minimum absolute atomic E-state index is 0.350. The summed E-state index contributed by atoms with van der Waals surface area (Å²) in [5.41, 5.74) is 7.90. The molecular formula is C19H25N3O3. The number of aryl methyl sites for hydroxylation is 1. The minimum Gasteiger partial charge on any atom is -0.494 e. The number of hydrogen-bond donors (Lipinski definition) is 2. The third kappa shape index (κ3) is 5.91. The molecule has 0 atom stereocenters. The second-order valence-electron chi connectivity index (χ2n) is 5.48. The molecule has 0 heterocycles.